The van der Waals surface area contributed by atoms with Crippen LogP contribution < -0.4 is 0 Å². The SMILES string of the molecule is O=C(O)CCc1ccc(C(O)C(=O)O)cc1C(F)F. The number of carboxylic acids is 2. The van der Waals surface area contributed by atoms with Crippen LogP contribution in [0.3, 0.4) is 0 Å². The molecule has 7 heteroatoms. The molecule has 3 N–H and O–H groups in total. The average Bonchev–Trinajstić information content (AvgIpc) is 2.34. The summed E-state index contributed by atoms with van der Waals surface area (Å²) in [6.07, 6.45) is -5.14. The van der Waals surface area contributed by atoms with Crippen molar-refractivity contribution in [2.75, 3.05) is 0 Å². The largest absolute Gasteiger partial charge is 0.481 e. The molecule has 0 aliphatic heterocycles. The van der Waals surface area contributed by atoms with Crippen LogP contribution in [0.15, 0.2) is 18.2 Å². The number of aliphatic carboxylic acids is 2. The maximum absolute atomic E-state index is 12.8. The number of benzene rings is 1. The lowest BCUT2D eigenvalue weighted by molar-refractivity contribution is -0.147. The second-order valence-corrected chi connectivity index (χ2v) is 3.89. The molecular weight excluding hydrogens is 262 g/mol. The van der Waals surface area contributed by atoms with Crippen molar-refractivity contribution in [3.63, 3.8) is 0 Å². The average molecular weight is 274 g/mol. The van der Waals surface area contributed by atoms with Crippen molar-refractivity contribution in [1.82, 2.24) is 0 Å². The number of aryl methyl sites for hydroxylation is 1. The highest BCUT2D eigenvalue weighted by Gasteiger charge is 2.20. The van der Waals surface area contributed by atoms with Gasteiger partial charge in [0.15, 0.2) is 6.10 Å². The van der Waals surface area contributed by atoms with Gasteiger partial charge in [0, 0.05) is 12.0 Å². The summed E-state index contributed by atoms with van der Waals surface area (Å²) in [5, 5.41) is 26.4. The van der Waals surface area contributed by atoms with E-state index in [4.69, 9.17) is 10.2 Å². The molecule has 0 bridgehead atoms. The standard InChI is InChI=1S/C12H12F2O5/c13-11(14)8-5-7(10(17)12(18)19)2-1-6(8)3-4-9(15)16/h1-2,5,10-11,17H,3-4H2,(H,15,16)(H,18,19). The number of carboxylic acid groups (broad SMARTS) is 2. The molecular formula is C12H12F2O5. The van der Waals surface area contributed by atoms with E-state index in [1.165, 1.54) is 12.1 Å². The van der Waals surface area contributed by atoms with Crippen molar-refractivity contribution in [3.05, 3.63) is 34.9 Å². The first kappa shape index (κ1) is 15.0. The van der Waals surface area contributed by atoms with Gasteiger partial charge in [-0.05, 0) is 23.6 Å². The Bertz CT molecular complexity index is 487. The molecule has 0 amide bonds. The van der Waals surface area contributed by atoms with Gasteiger partial charge in [0.25, 0.3) is 6.43 Å². The van der Waals surface area contributed by atoms with Crippen molar-refractivity contribution >= 4 is 11.9 Å². The van der Waals surface area contributed by atoms with Crippen molar-refractivity contribution in [2.24, 2.45) is 0 Å². The third kappa shape index (κ3) is 3.99. The van der Waals surface area contributed by atoms with E-state index in [0.717, 1.165) is 6.07 Å². The molecule has 5 nitrogen and oxygen atoms in total. The topological polar surface area (TPSA) is 94.8 Å². The molecule has 0 saturated heterocycles. The van der Waals surface area contributed by atoms with Crippen LogP contribution in [-0.4, -0.2) is 27.3 Å². The summed E-state index contributed by atoms with van der Waals surface area (Å²) >= 11 is 0. The van der Waals surface area contributed by atoms with E-state index in [9.17, 15) is 23.5 Å². The van der Waals surface area contributed by atoms with E-state index >= 15 is 0 Å². The Hall–Kier alpha value is -2.02. The van der Waals surface area contributed by atoms with Gasteiger partial charge in [0.1, 0.15) is 0 Å². The number of aliphatic hydroxyl groups is 1. The molecule has 1 atom stereocenters. The summed E-state index contributed by atoms with van der Waals surface area (Å²) in [6, 6.07) is 3.30. The summed E-state index contributed by atoms with van der Waals surface area (Å²) in [6.45, 7) is 0. The molecule has 1 aromatic rings. The van der Waals surface area contributed by atoms with Crippen LogP contribution in [-0.2, 0) is 16.0 Å². The van der Waals surface area contributed by atoms with E-state index in [0.29, 0.717) is 0 Å². The highest BCUT2D eigenvalue weighted by molar-refractivity contribution is 5.74. The van der Waals surface area contributed by atoms with Gasteiger partial charge in [-0.25, -0.2) is 13.6 Å². The molecule has 19 heavy (non-hydrogen) atoms. The lowest BCUT2D eigenvalue weighted by Gasteiger charge is -2.12. The van der Waals surface area contributed by atoms with Gasteiger partial charge in [0.2, 0.25) is 0 Å². The molecule has 0 fully saturated rings. The van der Waals surface area contributed by atoms with Gasteiger partial charge in [0.05, 0.1) is 0 Å². The number of alkyl halides is 2. The monoisotopic (exact) mass is 274 g/mol. The maximum Gasteiger partial charge on any atom is 0.337 e. The van der Waals surface area contributed by atoms with Crippen molar-refractivity contribution in [3.8, 4) is 0 Å². The highest BCUT2D eigenvalue weighted by atomic mass is 19.3. The summed E-state index contributed by atoms with van der Waals surface area (Å²) in [4.78, 5) is 21.0. The number of hydrogen-bond acceptors (Lipinski definition) is 3. The van der Waals surface area contributed by atoms with Crippen LogP contribution >= 0.6 is 0 Å². The lowest BCUT2D eigenvalue weighted by atomic mass is 9.98. The summed E-state index contributed by atoms with van der Waals surface area (Å²) < 4.78 is 25.6. The first-order chi connectivity index (χ1) is 8.82. The van der Waals surface area contributed by atoms with E-state index in [1.54, 1.807) is 0 Å². The Kier molecular flexibility index (Phi) is 4.94. The molecule has 1 aromatic carbocycles. The number of halogens is 2. The maximum atomic E-state index is 12.8. The van der Waals surface area contributed by atoms with Crippen molar-refractivity contribution in [2.45, 2.75) is 25.4 Å². The Morgan fingerprint density at radius 2 is 1.84 bits per heavy atom. The van der Waals surface area contributed by atoms with Gasteiger partial charge >= 0.3 is 11.9 Å². The summed E-state index contributed by atoms with van der Waals surface area (Å²) in [5.74, 6) is -2.66. The summed E-state index contributed by atoms with van der Waals surface area (Å²) in [7, 11) is 0. The zero-order chi connectivity index (χ0) is 14.6. The minimum absolute atomic E-state index is 0.0849. The van der Waals surface area contributed by atoms with Gasteiger partial charge in [-0.1, -0.05) is 12.1 Å². The molecule has 0 aromatic heterocycles. The number of aliphatic hydroxyl groups excluding tert-OH is 1. The second-order valence-electron chi connectivity index (χ2n) is 3.89. The molecule has 0 heterocycles. The van der Waals surface area contributed by atoms with Crippen LogP contribution in [0, 0.1) is 0 Å². The van der Waals surface area contributed by atoms with E-state index in [-0.39, 0.29) is 24.0 Å². The number of rotatable bonds is 6. The zero-order valence-electron chi connectivity index (χ0n) is 9.72. The van der Waals surface area contributed by atoms with Crippen molar-refractivity contribution in [1.29, 1.82) is 0 Å². The van der Waals surface area contributed by atoms with E-state index < -0.39 is 30.0 Å². The third-order valence-corrected chi connectivity index (χ3v) is 2.56. The summed E-state index contributed by atoms with van der Waals surface area (Å²) in [5.41, 5.74) is -0.500. The lowest BCUT2D eigenvalue weighted by Crippen LogP contribution is -2.11. The van der Waals surface area contributed by atoms with Crippen molar-refractivity contribution < 1.29 is 33.7 Å². The fourth-order valence-corrected chi connectivity index (χ4v) is 1.60. The first-order valence-corrected chi connectivity index (χ1v) is 5.36. The fraction of sp³-hybridized carbons (Fsp3) is 0.333. The first-order valence-electron chi connectivity index (χ1n) is 5.36. The number of hydrogen-bond donors (Lipinski definition) is 3. The van der Waals surface area contributed by atoms with Crippen LogP contribution in [0.2, 0.25) is 0 Å². The molecule has 104 valence electrons. The normalized spacial score (nSPS) is 12.4. The molecule has 0 radical (unpaired) electrons. The van der Waals surface area contributed by atoms with Gasteiger partial charge in [-0.15, -0.1) is 0 Å². The predicted molar refractivity (Wildman–Crippen MR) is 60.0 cm³/mol. The Labute approximate surface area is 107 Å². The molecule has 0 aliphatic rings. The minimum Gasteiger partial charge on any atom is -0.481 e. The molecule has 1 rings (SSSR count). The molecule has 0 aliphatic carbocycles. The van der Waals surface area contributed by atoms with Crippen LogP contribution in [0.1, 0.15) is 35.6 Å². The fourth-order valence-electron chi connectivity index (χ4n) is 1.60. The van der Waals surface area contributed by atoms with Crippen LogP contribution in [0.5, 0.6) is 0 Å². The highest BCUT2D eigenvalue weighted by Crippen LogP contribution is 2.27. The van der Waals surface area contributed by atoms with Gasteiger partial charge in [-0.3, -0.25) is 4.79 Å². The zero-order valence-corrected chi connectivity index (χ0v) is 9.72. The van der Waals surface area contributed by atoms with E-state index in [2.05, 4.69) is 0 Å². The minimum atomic E-state index is -2.87. The number of carbonyl (C=O) groups is 2. The third-order valence-electron chi connectivity index (χ3n) is 2.56. The quantitative estimate of drug-likeness (QED) is 0.734. The molecule has 0 saturated carbocycles. The second kappa shape index (κ2) is 6.24. The van der Waals surface area contributed by atoms with Gasteiger partial charge in [-0.2, -0.15) is 0 Å². The van der Waals surface area contributed by atoms with Crippen LogP contribution in [0.25, 0.3) is 0 Å². The Morgan fingerprint density at radius 1 is 1.21 bits per heavy atom. The van der Waals surface area contributed by atoms with Gasteiger partial charge < -0.3 is 15.3 Å². The smallest absolute Gasteiger partial charge is 0.337 e. The van der Waals surface area contributed by atoms with Crippen LogP contribution in [0.4, 0.5) is 8.78 Å². The predicted octanol–water partition coefficient (Wildman–Crippen LogP) is 1.76. The molecule has 0 spiro atoms. The Balaban J connectivity index is 3.07. The van der Waals surface area contributed by atoms with E-state index in [1.807, 2.05) is 0 Å². The molecule has 1 unspecified atom stereocenters. The Morgan fingerprint density at radius 3 is 2.32 bits per heavy atom.